The van der Waals surface area contributed by atoms with Crippen LogP contribution in [0, 0.1) is 17.9 Å². The molecule has 23 heavy (non-hydrogen) atoms. The minimum atomic E-state index is 0.906. The molecule has 1 radical (unpaired) electrons. The summed E-state index contributed by atoms with van der Waals surface area (Å²) in [6.07, 6.45) is 9.12. The normalized spacial score (nSPS) is 9.96. The molecule has 2 aromatic carbocycles. The summed E-state index contributed by atoms with van der Waals surface area (Å²) in [7, 11) is 0. The molecule has 2 aromatic rings. The van der Waals surface area contributed by atoms with E-state index in [2.05, 4.69) is 67.8 Å². The molecule has 0 bridgehead atoms. The Morgan fingerprint density at radius 3 is 2.48 bits per heavy atom. The number of hydrogen-bond donors (Lipinski definition) is 0. The number of allylic oxidation sites excluding steroid dienone is 1. The maximum atomic E-state index is 3.76. The summed E-state index contributed by atoms with van der Waals surface area (Å²) in [6, 6.07) is 17.8. The van der Waals surface area contributed by atoms with Crippen molar-refractivity contribution in [1.29, 1.82) is 0 Å². The van der Waals surface area contributed by atoms with Gasteiger partial charge in [-0.3, -0.25) is 0 Å². The lowest BCUT2D eigenvalue weighted by Crippen LogP contribution is -1.87. The Balaban J connectivity index is 1.98. The van der Waals surface area contributed by atoms with E-state index in [4.69, 9.17) is 0 Å². The topological polar surface area (TPSA) is 0 Å². The molecule has 0 nitrogen and oxygen atoms in total. The third-order valence-electron chi connectivity index (χ3n) is 3.85. The van der Waals surface area contributed by atoms with Crippen molar-refractivity contribution in [2.75, 3.05) is 0 Å². The maximum Gasteiger partial charge on any atom is 0.0257 e. The van der Waals surface area contributed by atoms with Crippen molar-refractivity contribution >= 4 is 0 Å². The van der Waals surface area contributed by atoms with Crippen molar-refractivity contribution in [3.05, 3.63) is 83.4 Å². The molecule has 0 spiro atoms. The van der Waals surface area contributed by atoms with Crippen LogP contribution in [0.1, 0.15) is 54.9 Å². The Morgan fingerprint density at radius 1 is 0.957 bits per heavy atom. The van der Waals surface area contributed by atoms with Crippen LogP contribution >= 0.6 is 0 Å². The van der Waals surface area contributed by atoms with Crippen molar-refractivity contribution in [3.63, 3.8) is 0 Å². The lowest BCUT2D eigenvalue weighted by atomic mass is 10.0. The van der Waals surface area contributed by atoms with Crippen LogP contribution in [0.2, 0.25) is 0 Å². The third-order valence-corrected chi connectivity index (χ3v) is 3.85. The van der Waals surface area contributed by atoms with Crippen LogP contribution in [-0.4, -0.2) is 0 Å². The van der Waals surface area contributed by atoms with E-state index < -0.39 is 0 Å². The summed E-state index contributed by atoms with van der Waals surface area (Å²) in [5, 5.41) is 0. The van der Waals surface area contributed by atoms with Gasteiger partial charge in [0.2, 0.25) is 0 Å². The van der Waals surface area contributed by atoms with Gasteiger partial charge in [-0.05, 0) is 60.7 Å². The van der Waals surface area contributed by atoms with E-state index in [0.717, 1.165) is 24.0 Å². The minimum absolute atomic E-state index is 0.906. The molecule has 0 N–H and O–H groups in total. The van der Waals surface area contributed by atoms with E-state index in [-0.39, 0.29) is 0 Å². The molecule has 0 aliphatic rings. The predicted octanol–water partition coefficient (Wildman–Crippen LogP) is 5.74. The summed E-state index contributed by atoms with van der Waals surface area (Å²) in [4.78, 5) is 0. The first-order chi connectivity index (χ1) is 11.3. The third kappa shape index (κ3) is 6.17. The van der Waals surface area contributed by atoms with Crippen LogP contribution in [0.3, 0.4) is 0 Å². The fourth-order valence-electron chi connectivity index (χ4n) is 2.53. The van der Waals surface area contributed by atoms with Crippen molar-refractivity contribution in [3.8, 4) is 11.8 Å². The summed E-state index contributed by atoms with van der Waals surface area (Å²) in [5.41, 5.74) is 4.71. The highest BCUT2D eigenvalue weighted by Crippen LogP contribution is 2.10. The Morgan fingerprint density at radius 2 is 1.74 bits per heavy atom. The highest BCUT2D eigenvalue weighted by molar-refractivity contribution is 5.44. The van der Waals surface area contributed by atoms with E-state index in [1.54, 1.807) is 0 Å². The van der Waals surface area contributed by atoms with Gasteiger partial charge in [0.15, 0.2) is 0 Å². The first kappa shape index (κ1) is 17.1. The molecule has 0 aliphatic carbocycles. The van der Waals surface area contributed by atoms with Gasteiger partial charge in [-0.2, -0.15) is 0 Å². The molecule has 117 valence electrons. The van der Waals surface area contributed by atoms with Crippen LogP contribution in [0.25, 0.3) is 0 Å². The largest absolute Gasteiger partial charge is 0.103 e. The monoisotopic (exact) mass is 301 g/mol. The van der Waals surface area contributed by atoms with Crippen LogP contribution in [0.4, 0.5) is 0 Å². The SMILES string of the molecule is C=CCc1ccc(C#Cc2c[c]cc(CCCCCC)c2)cc1. The average molecular weight is 301 g/mol. The first-order valence-electron chi connectivity index (χ1n) is 8.53. The van der Waals surface area contributed by atoms with Crippen LogP contribution in [0.5, 0.6) is 0 Å². The molecule has 0 amide bonds. The van der Waals surface area contributed by atoms with Crippen molar-refractivity contribution < 1.29 is 0 Å². The Bertz CT molecular complexity index is 665. The van der Waals surface area contributed by atoms with E-state index in [1.807, 2.05) is 12.1 Å². The molecule has 0 saturated heterocycles. The van der Waals surface area contributed by atoms with Gasteiger partial charge in [-0.25, -0.2) is 0 Å². The average Bonchev–Trinajstić information content (AvgIpc) is 2.59. The number of benzene rings is 2. The molecular weight excluding hydrogens is 276 g/mol. The van der Waals surface area contributed by atoms with Crippen molar-refractivity contribution in [2.24, 2.45) is 0 Å². The zero-order chi connectivity index (χ0) is 16.3. The number of unbranched alkanes of at least 4 members (excludes halogenated alkanes) is 3. The summed E-state index contributed by atoms with van der Waals surface area (Å²) >= 11 is 0. The predicted molar refractivity (Wildman–Crippen MR) is 99.4 cm³/mol. The second-order valence-corrected chi connectivity index (χ2v) is 5.88. The van der Waals surface area contributed by atoms with Crippen LogP contribution in [0.15, 0.2) is 55.1 Å². The van der Waals surface area contributed by atoms with E-state index >= 15 is 0 Å². The van der Waals surface area contributed by atoms with Gasteiger partial charge in [0, 0.05) is 11.1 Å². The highest BCUT2D eigenvalue weighted by Gasteiger charge is 1.95. The Hall–Kier alpha value is -2.26. The quantitative estimate of drug-likeness (QED) is 0.347. The van der Waals surface area contributed by atoms with Crippen LogP contribution in [-0.2, 0) is 12.8 Å². The standard InChI is InChI=1S/C23H25/c1-3-5-6-7-10-22-11-8-12-23(19-22)18-17-21-15-13-20(9-4-2)14-16-21/h4,11-16,19H,2-3,5-7,9-10H2,1H3. The molecule has 0 heteroatoms. The zero-order valence-corrected chi connectivity index (χ0v) is 14.1. The molecule has 2 rings (SSSR count). The van der Waals surface area contributed by atoms with Gasteiger partial charge in [-0.15, -0.1) is 6.58 Å². The van der Waals surface area contributed by atoms with Gasteiger partial charge >= 0.3 is 0 Å². The minimum Gasteiger partial charge on any atom is -0.103 e. The van der Waals surface area contributed by atoms with E-state index in [9.17, 15) is 0 Å². The molecule has 0 saturated carbocycles. The highest BCUT2D eigenvalue weighted by atomic mass is 14.0. The summed E-state index contributed by atoms with van der Waals surface area (Å²) < 4.78 is 0. The molecule has 0 aromatic heterocycles. The van der Waals surface area contributed by atoms with Gasteiger partial charge in [-0.1, -0.05) is 62.3 Å². The lowest BCUT2D eigenvalue weighted by Gasteiger charge is -2.01. The molecule has 0 atom stereocenters. The van der Waals surface area contributed by atoms with Crippen molar-refractivity contribution in [1.82, 2.24) is 0 Å². The Labute approximate surface area is 141 Å². The first-order valence-corrected chi connectivity index (χ1v) is 8.53. The van der Waals surface area contributed by atoms with E-state index in [1.165, 1.54) is 36.8 Å². The smallest absolute Gasteiger partial charge is 0.0257 e. The second kappa shape index (κ2) is 9.70. The van der Waals surface area contributed by atoms with Gasteiger partial charge in [0.05, 0.1) is 0 Å². The van der Waals surface area contributed by atoms with Gasteiger partial charge in [0.1, 0.15) is 0 Å². The number of rotatable bonds is 7. The van der Waals surface area contributed by atoms with E-state index in [0.29, 0.717) is 0 Å². The van der Waals surface area contributed by atoms with Gasteiger partial charge < -0.3 is 0 Å². The molecule has 0 fully saturated rings. The Kier molecular flexibility index (Phi) is 7.21. The van der Waals surface area contributed by atoms with Crippen molar-refractivity contribution in [2.45, 2.75) is 45.4 Å². The molecule has 0 unspecified atom stereocenters. The summed E-state index contributed by atoms with van der Waals surface area (Å²) in [6.45, 7) is 6.01. The second-order valence-electron chi connectivity index (χ2n) is 5.88. The molecular formula is C23H25. The van der Waals surface area contributed by atoms with Gasteiger partial charge in [0.25, 0.3) is 0 Å². The summed E-state index contributed by atoms with van der Waals surface area (Å²) in [5.74, 6) is 6.49. The lowest BCUT2D eigenvalue weighted by molar-refractivity contribution is 0.667. The number of hydrogen-bond acceptors (Lipinski definition) is 0. The fourth-order valence-corrected chi connectivity index (χ4v) is 2.53. The zero-order valence-electron chi connectivity index (χ0n) is 14.1. The van der Waals surface area contributed by atoms with Crippen LogP contribution < -0.4 is 0 Å². The molecule has 0 aliphatic heterocycles. The molecule has 0 heterocycles. The number of aryl methyl sites for hydroxylation is 1. The maximum absolute atomic E-state index is 3.76. The fraction of sp³-hybridized carbons (Fsp3) is 0.304.